The van der Waals surface area contributed by atoms with Gasteiger partial charge in [0, 0.05) is 45.0 Å². The summed E-state index contributed by atoms with van der Waals surface area (Å²) in [5.74, 6) is -4.80. The molecule has 0 saturated carbocycles. The van der Waals surface area contributed by atoms with Crippen molar-refractivity contribution in [3.05, 3.63) is 42.0 Å². The number of carbonyl (C=O) groups is 7. The summed E-state index contributed by atoms with van der Waals surface area (Å²) in [6.07, 6.45) is 1.75. The average Bonchev–Trinajstić information content (AvgIpc) is 3.10. The van der Waals surface area contributed by atoms with Crippen molar-refractivity contribution in [2.24, 2.45) is 0 Å². The zero-order valence-corrected chi connectivity index (χ0v) is 28.9. The Morgan fingerprint density at radius 3 is 1.31 bits per heavy atom. The lowest BCUT2D eigenvalue weighted by atomic mass is 10.0. The molecule has 0 bridgehead atoms. The van der Waals surface area contributed by atoms with Crippen LogP contribution >= 0.6 is 0 Å². The molecule has 0 aliphatic carbocycles. The highest BCUT2D eigenvalue weighted by Gasteiger charge is 2.16. The summed E-state index contributed by atoms with van der Waals surface area (Å²) in [5, 5.41) is 34.0. The number of carboxylic acids is 3. The van der Waals surface area contributed by atoms with Gasteiger partial charge in [-0.05, 0) is 67.1 Å². The summed E-state index contributed by atoms with van der Waals surface area (Å²) >= 11 is 0. The highest BCUT2D eigenvalue weighted by atomic mass is 16.5. The van der Waals surface area contributed by atoms with E-state index in [0.717, 1.165) is 6.42 Å². The number of rotatable bonds is 26. The second-order valence-corrected chi connectivity index (χ2v) is 11.3. The molecule has 3 amide bonds. The van der Waals surface area contributed by atoms with Gasteiger partial charge in [-0.15, -0.1) is 0 Å². The lowest BCUT2D eigenvalue weighted by molar-refractivity contribution is -0.138. The van der Waals surface area contributed by atoms with Crippen LogP contribution in [0.3, 0.4) is 0 Å². The summed E-state index contributed by atoms with van der Waals surface area (Å²) < 4.78 is 22.5. The highest BCUT2D eigenvalue weighted by molar-refractivity contribution is 5.92. The fourth-order valence-corrected chi connectivity index (χ4v) is 4.27. The van der Waals surface area contributed by atoms with Crippen molar-refractivity contribution in [2.45, 2.75) is 58.3 Å². The maximum absolute atomic E-state index is 13.0. The zero-order chi connectivity index (χ0) is 38.3. The molecule has 0 aliphatic rings. The third-order valence-electron chi connectivity index (χ3n) is 6.87. The van der Waals surface area contributed by atoms with E-state index in [9.17, 15) is 33.6 Å². The van der Waals surface area contributed by atoms with Crippen LogP contribution in [0.5, 0.6) is 17.2 Å². The predicted molar refractivity (Wildman–Crippen MR) is 183 cm³/mol. The molecule has 0 aliphatic heterocycles. The molecule has 2 aromatic carbocycles. The molecular formula is C35H45N3O14. The first-order valence-corrected chi connectivity index (χ1v) is 16.7. The van der Waals surface area contributed by atoms with E-state index in [0.29, 0.717) is 17.5 Å². The Kier molecular flexibility index (Phi) is 19.1. The Hall–Kier alpha value is -5.87. The minimum atomic E-state index is -0.994. The fourth-order valence-electron chi connectivity index (χ4n) is 4.27. The van der Waals surface area contributed by atoms with E-state index in [1.54, 1.807) is 0 Å². The molecule has 2 aromatic rings. The largest absolute Gasteiger partial charge is 0.484 e. The Labute approximate surface area is 299 Å². The smallest absolute Gasteiger partial charge is 0.338 e. The number of carboxylic acid groups (broad SMARTS) is 3. The van der Waals surface area contributed by atoms with Crippen LogP contribution in [-0.4, -0.2) is 103 Å². The van der Waals surface area contributed by atoms with Crippen LogP contribution in [0.1, 0.15) is 68.6 Å². The molecule has 0 radical (unpaired) electrons. The molecule has 52 heavy (non-hydrogen) atoms. The van der Waals surface area contributed by atoms with Crippen LogP contribution in [0.2, 0.25) is 0 Å². The molecule has 0 spiro atoms. The van der Waals surface area contributed by atoms with Gasteiger partial charge >= 0.3 is 23.9 Å². The van der Waals surface area contributed by atoms with Gasteiger partial charge in [0.25, 0.3) is 17.7 Å². The molecule has 17 heteroatoms. The minimum absolute atomic E-state index is 0.0979. The summed E-state index contributed by atoms with van der Waals surface area (Å²) in [5.41, 5.74) is 0.872. The van der Waals surface area contributed by atoms with Gasteiger partial charge < -0.3 is 50.2 Å². The Balaban J connectivity index is 2.35. The van der Waals surface area contributed by atoms with Gasteiger partial charge in [-0.2, -0.15) is 0 Å². The fraction of sp³-hybridized carbons (Fsp3) is 0.457. The molecule has 284 valence electrons. The van der Waals surface area contributed by atoms with Crippen molar-refractivity contribution in [3.63, 3.8) is 0 Å². The molecule has 0 saturated heterocycles. The van der Waals surface area contributed by atoms with Crippen LogP contribution in [0.4, 0.5) is 0 Å². The van der Waals surface area contributed by atoms with E-state index >= 15 is 0 Å². The van der Waals surface area contributed by atoms with Crippen molar-refractivity contribution in [1.82, 2.24) is 16.0 Å². The second-order valence-electron chi connectivity index (χ2n) is 11.3. The number of hydrogen-bond acceptors (Lipinski definition) is 11. The Morgan fingerprint density at radius 2 is 0.923 bits per heavy atom. The predicted octanol–water partition coefficient (Wildman–Crippen LogP) is 2.39. The molecule has 6 N–H and O–H groups in total. The third kappa shape index (κ3) is 18.2. The van der Waals surface area contributed by atoms with E-state index in [1.807, 2.05) is 6.92 Å². The number of esters is 1. The van der Waals surface area contributed by atoms with E-state index < -0.39 is 61.4 Å². The lowest BCUT2D eigenvalue weighted by Crippen LogP contribution is -2.30. The van der Waals surface area contributed by atoms with E-state index in [4.69, 9.17) is 34.3 Å². The number of hydrogen-bond donors (Lipinski definition) is 6. The molecular weight excluding hydrogens is 686 g/mol. The van der Waals surface area contributed by atoms with Crippen molar-refractivity contribution in [2.75, 3.05) is 46.1 Å². The third-order valence-corrected chi connectivity index (χ3v) is 6.87. The maximum Gasteiger partial charge on any atom is 0.338 e. The summed E-state index contributed by atoms with van der Waals surface area (Å²) in [4.78, 5) is 82.3. The lowest BCUT2D eigenvalue weighted by Gasteiger charge is -2.15. The number of unbranched alkanes of at least 4 members (excludes halogenated alkanes) is 1. The van der Waals surface area contributed by atoms with Crippen molar-refractivity contribution < 1.29 is 67.8 Å². The standard InChI is InChI=1S/C35H45N3O14/c1-2-3-13-49-35(48)25-14-23(15-26(18-25)50-20-29(39)36-10-4-7-32(42)43)24-16-27(51-21-30(40)37-11-5-8-33(44)45)19-28(17-24)52-22-31(41)38-12-6-9-34(46)47/h14-19H,2-13,20-22H2,1H3,(H,36,39)(H,37,40)(H,38,41)(H,42,43)(H,44,45)(H,46,47). The molecule has 2 rings (SSSR count). The van der Waals surface area contributed by atoms with E-state index in [1.165, 1.54) is 36.4 Å². The van der Waals surface area contributed by atoms with Gasteiger partial charge in [-0.25, -0.2) is 4.79 Å². The molecule has 0 aromatic heterocycles. The van der Waals surface area contributed by atoms with Gasteiger partial charge in [0.15, 0.2) is 19.8 Å². The first-order valence-electron chi connectivity index (χ1n) is 16.7. The van der Waals surface area contributed by atoms with Crippen molar-refractivity contribution in [1.29, 1.82) is 0 Å². The number of aliphatic carboxylic acids is 3. The van der Waals surface area contributed by atoms with Gasteiger partial charge in [0.05, 0.1) is 12.2 Å². The SMILES string of the molecule is CCCCOC(=O)c1cc(OCC(=O)NCCCC(=O)O)cc(-c2cc(OCC(=O)NCCCC(=O)O)cc(OCC(=O)NCCCC(=O)O)c2)c1. The monoisotopic (exact) mass is 731 g/mol. The number of benzene rings is 2. The molecule has 0 fully saturated rings. The highest BCUT2D eigenvalue weighted by Crippen LogP contribution is 2.33. The summed E-state index contributed by atoms with van der Waals surface area (Å²) in [7, 11) is 0. The topological polar surface area (TPSA) is 253 Å². The Bertz CT molecular complexity index is 1490. The van der Waals surface area contributed by atoms with E-state index in [-0.39, 0.29) is 87.6 Å². The van der Waals surface area contributed by atoms with E-state index in [2.05, 4.69) is 16.0 Å². The maximum atomic E-state index is 13.0. The van der Waals surface area contributed by atoms with Gasteiger partial charge in [-0.3, -0.25) is 28.8 Å². The molecule has 0 unspecified atom stereocenters. The molecule has 17 nitrogen and oxygen atoms in total. The first kappa shape index (κ1) is 42.3. The second kappa shape index (κ2) is 23.5. The van der Waals surface area contributed by atoms with Gasteiger partial charge in [-0.1, -0.05) is 13.3 Å². The first-order chi connectivity index (χ1) is 24.9. The average molecular weight is 732 g/mol. The van der Waals surface area contributed by atoms with Crippen LogP contribution in [-0.2, 0) is 33.5 Å². The van der Waals surface area contributed by atoms with Crippen LogP contribution in [0.25, 0.3) is 11.1 Å². The summed E-state index contributed by atoms with van der Waals surface area (Å²) in [6.45, 7) is 1.14. The van der Waals surface area contributed by atoms with Crippen LogP contribution < -0.4 is 30.2 Å². The number of carbonyl (C=O) groups excluding carboxylic acids is 4. The summed E-state index contributed by atoms with van der Waals surface area (Å²) in [6, 6.07) is 8.95. The van der Waals surface area contributed by atoms with Crippen LogP contribution in [0.15, 0.2) is 36.4 Å². The van der Waals surface area contributed by atoms with Gasteiger partial charge in [0.1, 0.15) is 17.2 Å². The van der Waals surface area contributed by atoms with Gasteiger partial charge in [0.2, 0.25) is 0 Å². The number of nitrogens with one attached hydrogen (secondary N) is 3. The normalized spacial score (nSPS) is 10.4. The zero-order valence-electron chi connectivity index (χ0n) is 28.9. The minimum Gasteiger partial charge on any atom is -0.484 e. The van der Waals surface area contributed by atoms with Crippen molar-refractivity contribution >= 4 is 41.6 Å². The Morgan fingerprint density at radius 1 is 0.538 bits per heavy atom. The quantitative estimate of drug-likeness (QED) is 0.0600. The number of ether oxygens (including phenoxy) is 4. The molecule has 0 atom stereocenters. The molecule has 0 heterocycles. The number of amides is 3. The van der Waals surface area contributed by atoms with Crippen molar-refractivity contribution in [3.8, 4) is 28.4 Å². The van der Waals surface area contributed by atoms with Crippen LogP contribution in [0, 0.1) is 0 Å².